The highest BCUT2D eigenvalue weighted by molar-refractivity contribution is 5.75. The third-order valence-electron chi connectivity index (χ3n) is 3.50. The van der Waals surface area contributed by atoms with Gasteiger partial charge in [0.2, 0.25) is 5.88 Å². The first-order valence-electron chi connectivity index (χ1n) is 7.08. The molecule has 0 atom stereocenters. The van der Waals surface area contributed by atoms with Crippen molar-refractivity contribution in [1.29, 1.82) is 0 Å². The van der Waals surface area contributed by atoms with E-state index in [1.54, 1.807) is 9.80 Å². The molecule has 1 aromatic heterocycles. The van der Waals surface area contributed by atoms with Crippen LogP contribution in [0.25, 0.3) is 0 Å². The van der Waals surface area contributed by atoms with Gasteiger partial charge in [-0.05, 0) is 19.9 Å². The number of aromatic nitrogens is 1. The summed E-state index contributed by atoms with van der Waals surface area (Å²) in [7, 11) is 0. The van der Waals surface area contributed by atoms with Crippen molar-refractivity contribution in [3.8, 4) is 5.88 Å². The minimum atomic E-state index is -4.43. The van der Waals surface area contributed by atoms with E-state index in [4.69, 9.17) is 4.74 Å². The Bertz CT molecular complexity index is 526. The highest BCUT2D eigenvalue weighted by Crippen LogP contribution is 2.31. The zero-order valence-electron chi connectivity index (χ0n) is 12.4. The topological polar surface area (TPSA) is 45.7 Å². The predicted molar refractivity (Wildman–Crippen MR) is 73.5 cm³/mol. The second-order valence-corrected chi connectivity index (χ2v) is 4.98. The first-order chi connectivity index (χ1) is 10.3. The zero-order valence-corrected chi connectivity index (χ0v) is 12.4. The summed E-state index contributed by atoms with van der Waals surface area (Å²) in [5, 5.41) is 0. The molecule has 0 aliphatic carbocycles. The van der Waals surface area contributed by atoms with Gasteiger partial charge in [0.15, 0.2) is 0 Å². The molecule has 0 N–H and O–H groups in total. The monoisotopic (exact) mass is 317 g/mol. The summed E-state index contributed by atoms with van der Waals surface area (Å²) in [6.07, 6.45) is -3.68. The van der Waals surface area contributed by atoms with Crippen molar-refractivity contribution in [2.45, 2.75) is 26.1 Å². The molecule has 2 rings (SSSR count). The smallest absolute Gasteiger partial charge is 0.416 e. The van der Waals surface area contributed by atoms with E-state index in [1.807, 2.05) is 13.8 Å². The minimum absolute atomic E-state index is 0.0743. The zero-order chi connectivity index (χ0) is 16.3. The number of halogens is 3. The molecule has 0 aromatic carbocycles. The molecule has 0 spiro atoms. The van der Waals surface area contributed by atoms with Crippen molar-refractivity contribution in [2.24, 2.45) is 0 Å². The van der Waals surface area contributed by atoms with Gasteiger partial charge in [0, 0.05) is 25.4 Å². The number of nitrogens with zero attached hydrogens (tertiary/aromatic N) is 3. The van der Waals surface area contributed by atoms with Crippen LogP contribution < -0.4 is 4.74 Å². The van der Waals surface area contributed by atoms with E-state index in [0.29, 0.717) is 26.2 Å². The Balaban J connectivity index is 1.89. The number of alkyl halides is 3. The van der Waals surface area contributed by atoms with Gasteiger partial charge in [-0.15, -0.1) is 0 Å². The van der Waals surface area contributed by atoms with Gasteiger partial charge < -0.3 is 14.5 Å². The number of hydrogen-bond donors (Lipinski definition) is 0. The molecule has 1 aliphatic heterocycles. The molecular weight excluding hydrogens is 299 g/mol. The van der Waals surface area contributed by atoms with E-state index >= 15 is 0 Å². The summed E-state index contributed by atoms with van der Waals surface area (Å²) in [5.74, 6) is -0.0743. The second-order valence-electron chi connectivity index (χ2n) is 4.98. The Labute approximate surface area is 126 Å². The van der Waals surface area contributed by atoms with Gasteiger partial charge in [-0.3, -0.25) is 0 Å². The Morgan fingerprint density at radius 3 is 2.59 bits per heavy atom. The van der Waals surface area contributed by atoms with Crippen LogP contribution >= 0.6 is 0 Å². The van der Waals surface area contributed by atoms with Gasteiger partial charge in [0.25, 0.3) is 0 Å². The van der Waals surface area contributed by atoms with Crippen LogP contribution in [0.3, 0.4) is 0 Å². The molecule has 8 heteroatoms. The molecular formula is C14H18F3N3O2. The number of pyridine rings is 1. The molecule has 22 heavy (non-hydrogen) atoms. The number of ether oxygens (including phenoxy) is 1. The average molecular weight is 317 g/mol. The Hall–Kier alpha value is -1.99. The van der Waals surface area contributed by atoms with Crippen LogP contribution in [0.2, 0.25) is 0 Å². The van der Waals surface area contributed by atoms with Crippen molar-refractivity contribution in [3.05, 3.63) is 23.9 Å². The molecule has 0 bridgehead atoms. The normalized spacial score (nSPS) is 15.4. The van der Waals surface area contributed by atoms with Crippen molar-refractivity contribution in [1.82, 2.24) is 14.8 Å². The van der Waals surface area contributed by atoms with Gasteiger partial charge in [0.1, 0.15) is 6.10 Å². The fraction of sp³-hybridized carbons (Fsp3) is 0.571. The Kier molecular flexibility index (Phi) is 4.77. The van der Waals surface area contributed by atoms with E-state index in [-0.39, 0.29) is 18.0 Å². The second kappa shape index (κ2) is 6.41. The summed E-state index contributed by atoms with van der Waals surface area (Å²) in [5.41, 5.74) is -0.798. The van der Waals surface area contributed by atoms with Crippen LogP contribution in [0.5, 0.6) is 5.88 Å². The Morgan fingerprint density at radius 1 is 1.41 bits per heavy atom. The molecule has 2 heterocycles. The fourth-order valence-electron chi connectivity index (χ4n) is 2.18. The molecule has 0 radical (unpaired) electrons. The quantitative estimate of drug-likeness (QED) is 0.857. The number of carbonyl (C=O) groups excluding carboxylic acids is 1. The van der Waals surface area contributed by atoms with E-state index < -0.39 is 11.7 Å². The number of amides is 2. The molecule has 2 amide bonds. The predicted octanol–water partition coefficient (Wildman–Crippen LogP) is 2.63. The largest absolute Gasteiger partial charge is 0.471 e. The molecule has 0 saturated carbocycles. The lowest BCUT2D eigenvalue weighted by atomic mass is 10.2. The van der Waals surface area contributed by atoms with Crippen LogP contribution in [0.4, 0.5) is 18.0 Å². The van der Waals surface area contributed by atoms with E-state index in [9.17, 15) is 18.0 Å². The highest BCUT2D eigenvalue weighted by Gasteiger charge is 2.35. The van der Waals surface area contributed by atoms with Crippen molar-refractivity contribution >= 4 is 6.03 Å². The van der Waals surface area contributed by atoms with Gasteiger partial charge in [0.05, 0.1) is 18.7 Å². The number of carbonyl (C=O) groups is 1. The number of likely N-dealkylation sites (tertiary alicyclic amines) is 1. The van der Waals surface area contributed by atoms with Crippen LogP contribution in [0, 0.1) is 0 Å². The SMILES string of the molecule is CCN(CC)C(=O)N1CC(Oc2cc(C(F)(F)F)ccn2)C1. The summed E-state index contributed by atoms with van der Waals surface area (Å²) in [6.45, 7) is 5.73. The summed E-state index contributed by atoms with van der Waals surface area (Å²) >= 11 is 0. The molecule has 1 aromatic rings. The maximum Gasteiger partial charge on any atom is 0.416 e. The van der Waals surface area contributed by atoms with Crippen LogP contribution in [0.15, 0.2) is 18.3 Å². The first-order valence-corrected chi connectivity index (χ1v) is 7.08. The number of hydrogen-bond acceptors (Lipinski definition) is 3. The van der Waals surface area contributed by atoms with Crippen molar-refractivity contribution < 1.29 is 22.7 Å². The number of rotatable bonds is 4. The first kappa shape index (κ1) is 16.4. The third-order valence-corrected chi connectivity index (χ3v) is 3.50. The van der Waals surface area contributed by atoms with Gasteiger partial charge in [-0.2, -0.15) is 13.2 Å². The van der Waals surface area contributed by atoms with E-state index in [2.05, 4.69) is 4.98 Å². The molecule has 1 fully saturated rings. The summed E-state index contributed by atoms with van der Waals surface area (Å²) in [6, 6.07) is 1.68. The minimum Gasteiger partial charge on any atom is -0.471 e. The van der Waals surface area contributed by atoms with Crippen molar-refractivity contribution in [2.75, 3.05) is 26.2 Å². The fourth-order valence-corrected chi connectivity index (χ4v) is 2.18. The van der Waals surface area contributed by atoms with Crippen LogP contribution in [-0.2, 0) is 6.18 Å². The van der Waals surface area contributed by atoms with E-state index in [0.717, 1.165) is 18.3 Å². The molecule has 1 aliphatic rings. The Morgan fingerprint density at radius 2 is 2.05 bits per heavy atom. The lowest BCUT2D eigenvalue weighted by Crippen LogP contribution is -2.59. The van der Waals surface area contributed by atoms with Crippen LogP contribution in [-0.4, -0.2) is 53.1 Å². The van der Waals surface area contributed by atoms with Gasteiger partial charge >= 0.3 is 12.2 Å². The van der Waals surface area contributed by atoms with Gasteiger partial charge in [-0.1, -0.05) is 0 Å². The molecule has 5 nitrogen and oxygen atoms in total. The third kappa shape index (κ3) is 3.61. The number of urea groups is 1. The standard InChI is InChI=1S/C14H18F3N3O2/c1-3-19(4-2)13(21)20-8-11(9-20)22-12-7-10(5-6-18-12)14(15,16)17/h5-7,11H,3-4,8-9H2,1-2H3. The van der Waals surface area contributed by atoms with Crippen LogP contribution in [0.1, 0.15) is 19.4 Å². The lowest BCUT2D eigenvalue weighted by Gasteiger charge is -2.41. The molecule has 0 unspecified atom stereocenters. The van der Waals surface area contributed by atoms with E-state index in [1.165, 1.54) is 0 Å². The maximum absolute atomic E-state index is 12.6. The highest BCUT2D eigenvalue weighted by atomic mass is 19.4. The summed E-state index contributed by atoms with van der Waals surface area (Å²) in [4.78, 5) is 19.1. The maximum atomic E-state index is 12.6. The molecule has 122 valence electrons. The average Bonchev–Trinajstić information content (AvgIpc) is 2.43. The van der Waals surface area contributed by atoms with Crippen molar-refractivity contribution in [3.63, 3.8) is 0 Å². The lowest BCUT2D eigenvalue weighted by molar-refractivity contribution is -0.137. The molecule has 1 saturated heterocycles. The summed E-state index contributed by atoms with van der Waals surface area (Å²) < 4.78 is 43.2. The van der Waals surface area contributed by atoms with Gasteiger partial charge in [-0.25, -0.2) is 9.78 Å².